The number of nitrogens with zero attached hydrogens (tertiary/aromatic N) is 1. The monoisotopic (exact) mass is 327 g/mol. The lowest BCUT2D eigenvalue weighted by atomic mass is 10.1. The van der Waals surface area contributed by atoms with Crippen molar-refractivity contribution < 1.29 is 24.5 Å². The number of hydrogen-bond acceptors (Lipinski definition) is 3. The number of amides is 1. The number of benzene rings is 2. The molecule has 0 aliphatic carbocycles. The summed E-state index contributed by atoms with van der Waals surface area (Å²) in [7, 11) is 0. The summed E-state index contributed by atoms with van der Waals surface area (Å²) >= 11 is 0. The van der Waals surface area contributed by atoms with E-state index in [0.717, 1.165) is 16.0 Å². The van der Waals surface area contributed by atoms with Crippen LogP contribution in [-0.2, 0) is 4.79 Å². The highest BCUT2D eigenvalue weighted by Gasteiger charge is 2.40. The van der Waals surface area contributed by atoms with E-state index in [1.54, 1.807) is 0 Å². The molecule has 0 saturated carbocycles. The zero-order valence-corrected chi connectivity index (χ0v) is 12.8. The smallest absolute Gasteiger partial charge is 0.408 e. The first-order chi connectivity index (χ1) is 11.5. The van der Waals surface area contributed by atoms with Crippen LogP contribution in [-0.4, -0.2) is 45.9 Å². The van der Waals surface area contributed by atoms with E-state index >= 15 is 0 Å². The van der Waals surface area contributed by atoms with Crippen LogP contribution in [0.5, 0.6) is 5.75 Å². The maximum atomic E-state index is 11.2. The van der Waals surface area contributed by atoms with Crippen molar-refractivity contribution in [2.45, 2.75) is 18.6 Å². The van der Waals surface area contributed by atoms with E-state index in [9.17, 15) is 9.59 Å². The zero-order valence-electron chi connectivity index (χ0n) is 12.8. The van der Waals surface area contributed by atoms with Gasteiger partial charge in [0.15, 0.2) is 0 Å². The number of likely N-dealkylation sites (tertiary alicyclic amines) is 1. The molecule has 2 atom stereocenters. The molecule has 0 radical (unpaired) electrons. The number of carboxylic acid groups (broad SMARTS) is 2. The molecule has 6 nitrogen and oxygen atoms in total. The molecule has 0 aromatic heterocycles. The number of ether oxygens (including phenoxy) is 1. The average molecular weight is 327 g/mol. The molecule has 0 unspecified atom stereocenters. The van der Waals surface area contributed by atoms with E-state index in [2.05, 4.69) is 0 Å². The molecule has 2 N–H and O–H groups in total. The highest BCUT2D eigenvalue weighted by atomic mass is 16.5. The molecule has 1 saturated heterocycles. The SMILES string of the molecule is O=C(O)[C@H]1C[C@H](Oc2ccc(-c3ccccc3)cc2)CN1C(=O)O. The van der Waals surface area contributed by atoms with Crippen molar-refractivity contribution in [1.29, 1.82) is 0 Å². The van der Waals surface area contributed by atoms with Crippen molar-refractivity contribution >= 4 is 12.1 Å². The first-order valence-electron chi connectivity index (χ1n) is 7.59. The molecule has 3 rings (SSSR count). The topological polar surface area (TPSA) is 87.1 Å². The molecular weight excluding hydrogens is 310 g/mol. The first kappa shape index (κ1) is 15.9. The summed E-state index contributed by atoms with van der Waals surface area (Å²) in [6.45, 7) is 0.0483. The van der Waals surface area contributed by atoms with Gasteiger partial charge in [0.25, 0.3) is 0 Å². The minimum absolute atomic E-state index is 0.0483. The van der Waals surface area contributed by atoms with Crippen molar-refractivity contribution in [3.63, 3.8) is 0 Å². The van der Waals surface area contributed by atoms with Gasteiger partial charge in [-0.2, -0.15) is 0 Å². The van der Waals surface area contributed by atoms with Crippen molar-refractivity contribution in [3.8, 4) is 16.9 Å². The van der Waals surface area contributed by atoms with Crippen LogP contribution in [0.25, 0.3) is 11.1 Å². The van der Waals surface area contributed by atoms with Crippen LogP contribution in [0.15, 0.2) is 54.6 Å². The Hall–Kier alpha value is -3.02. The molecule has 2 aromatic rings. The third kappa shape index (κ3) is 3.32. The minimum Gasteiger partial charge on any atom is -0.488 e. The third-order valence-corrected chi connectivity index (χ3v) is 4.06. The Balaban J connectivity index is 1.68. The van der Waals surface area contributed by atoms with E-state index in [0.29, 0.717) is 5.75 Å². The summed E-state index contributed by atoms with van der Waals surface area (Å²) in [5, 5.41) is 18.2. The quantitative estimate of drug-likeness (QED) is 0.901. The Morgan fingerprint density at radius 2 is 1.58 bits per heavy atom. The average Bonchev–Trinajstić information content (AvgIpc) is 3.01. The van der Waals surface area contributed by atoms with Gasteiger partial charge in [-0.25, -0.2) is 9.59 Å². The van der Waals surface area contributed by atoms with Gasteiger partial charge < -0.3 is 14.9 Å². The molecule has 0 bridgehead atoms. The molecule has 2 aromatic carbocycles. The second kappa shape index (κ2) is 6.62. The Bertz CT molecular complexity index is 707. The van der Waals surface area contributed by atoms with Crippen molar-refractivity contribution in [2.24, 2.45) is 0 Å². The summed E-state index contributed by atoms with van der Waals surface area (Å²) in [5.74, 6) is -0.556. The standard InChI is InChI=1S/C18H17NO5/c20-17(21)16-10-15(11-19(16)18(22)23)24-14-8-6-13(7-9-14)12-4-2-1-3-5-12/h1-9,15-16H,10-11H2,(H,20,21)(H,22,23)/t15-,16+/m0/s1. The second-order valence-corrected chi connectivity index (χ2v) is 5.65. The van der Waals surface area contributed by atoms with Crippen LogP contribution in [0.3, 0.4) is 0 Å². The molecule has 6 heteroatoms. The predicted octanol–water partition coefficient (Wildman–Crippen LogP) is 2.94. The first-order valence-corrected chi connectivity index (χ1v) is 7.59. The fourth-order valence-electron chi connectivity index (χ4n) is 2.88. The Kier molecular flexibility index (Phi) is 4.37. The van der Waals surface area contributed by atoms with Gasteiger partial charge in [-0.15, -0.1) is 0 Å². The van der Waals surface area contributed by atoms with E-state index in [4.69, 9.17) is 14.9 Å². The van der Waals surface area contributed by atoms with Crippen molar-refractivity contribution in [2.75, 3.05) is 6.54 Å². The van der Waals surface area contributed by atoms with E-state index in [1.165, 1.54) is 0 Å². The normalized spacial score (nSPS) is 19.9. The van der Waals surface area contributed by atoms with Gasteiger partial charge in [0.05, 0.1) is 6.54 Å². The van der Waals surface area contributed by atoms with Crippen LogP contribution in [0.4, 0.5) is 4.79 Å². The largest absolute Gasteiger partial charge is 0.488 e. The van der Waals surface area contributed by atoms with E-state index in [1.807, 2.05) is 54.6 Å². The highest BCUT2D eigenvalue weighted by molar-refractivity contribution is 5.80. The van der Waals surface area contributed by atoms with Crippen LogP contribution >= 0.6 is 0 Å². The van der Waals surface area contributed by atoms with Crippen LogP contribution < -0.4 is 4.74 Å². The van der Waals surface area contributed by atoms with Crippen molar-refractivity contribution in [1.82, 2.24) is 4.90 Å². The molecule has 0 spiro atoms. The van der Waals surface area contributed by atoms with Gasteiger partial charge in [-0.1, -0.05) is 42.5 Å². The van der Waals surface area contributed by atoms with Crippen LogP contribution in [0.1, 0.15) is 6.42 Å². The molecule has 1 heterocycles. The van der Waals surface area contributed by atoms with Gasteiger partial charge in [0.2, 0.25) is 0 Å². The summed E-state index contributed by atoms with van der Waals surface area (Å²) in [6.07, 6.45) is -1.57. The summed E-state index contributed by atoms with van der Waals surface area (Å²) in [5.41, 5.74) is 2.14. The van der Waals surface area contributed by atoms with Gasteiger partial charge in [-0.05, 0) is 23.3 Å². The fourth-order valence-corrected chi connectivity index (χ4v) is 2.88. The number of hydrogen-bond donors (Lipinski definition) is 2. The summed E-state index contributed by atoms with van der Waals surface area (Å²) in [6, 6.07) is 16.3. The minimum atomic E-state index is -1.24. The lowest BCUT2D eigenvalue weighted by Crippen LogP contribution is -2.39. The van der Waals surface area contributed by atoms with Crippen LogP contribution in [0, 0.1) is 0 Å². The Morgan fingerprint density at radius 3 is 2.12 bits per heavy atom. The number of aliphatic carboxylic acids is 1. The highest BCUT2D eigenvalue weighted by Crippen LogP contribution is 2.26. The second-order valence-electron chi connectivity index (χ2n) is 5.65. The molecule has 1 aliphatic rings. The molecule has 1 amide bonds. The van der Waals surface area contributed by atoms with E-state index in [-0.39, 0.29) is 13.0 Å². The van der Waals surface area contributed by atoms with Gasteiger partial charge in [0, 0.05) is 6.42 Å². The van der Waals surface area contributed by atoms with Crippen molar-refractivity contribution in [3.05, 3.63) is 54.6 Å². The maximum absolute atomic E-state index is 11.2. The molecular formula is C18H17NO5. The molecule has 1 fully saturated rings. The molecule has 124 valence electrons. The molecule has 1 aliphatic heterocycles. The summed E-state index contributed by atoms with van der Waals surface area (Å²) < 4.78 is 5.76. The van der Waals surface area contributed by atoms with E-state index < -0.39 is 24.2 Å². The predicted molar refractivity (Wildman–Crippen MR) is 87.1 cm³/mol. The molecule has 24 heavy (non-hydrogen) atoms. The van der Waals surface area contributed by atoms with Gasteiger partial charge >= 0.3 is 12.1 Å². The van der Waals surface area contributed by atoms with Gasteiger partial charge in [0.1, 0.15) is 17.9 Å². The number of rotatable bonds is 4. The number of carbonyl (C=O) groups is 2. The van der Waals surface area contributed by atoms with Crippen LogP contribution in [0.2, 0.25) is 0 Å². The van der Waals surface area contributed by atoms with Gasteiger partial charge in [-0.3, -0.25) is 4.90 Å². The zero-order chi connectivity index (χ0) is 17.1. The lowest BCUT2D eigenvalue weighted by molar-refractivity contribution is -0.141. The lowest BCUT2D eigenvalue weighted by Gasteiger charge is -2.16. The maximum Gasteiger partial charge on any atom is 0.408 e. The Morgan fingerprint density at radius 1 is 0.958 bits per heavy atom. The third-order valence-electron chi connectivity index (χ3n) is 4.06. The Labute approximate surface area is 138 Å². The number of carboxylic acids is 1. The summed E-state index contributed by atoms with van der Waals surface area (Å²) in [4.78, 5) is 23.2. The fraction of sp³-hybridized carbons (Fsp3) is 0.222.